The topological polar surface area (TPSA) is 29.3 Å². The van der Waals surface area contributed by atoms with Crippen molar-refractivity contribution in [3.63, 3.8) is 0 Å². The number of nitrogens with one attached hydrogen (secondary N) is 1. The third kappa shape index (κ3) is 1.73. The highest BCUT2D eigenvalue weighted by atomic mass is 15.0. The van der Waals surface area contributed by atoms with Gasteiger partial charge in [-0.25, -0.2) is 4.98 Å². The third-order valence-corrected chi connectivity index (χ3v) is 2.40. The average molecular weight is 201 g/mol. The molecule has 0 aliphatic carbocycles. The number of hydrogen-bond donors (Lipinski definition) is 1. The quantitative estimate of drug-likeness (QED) is 0.809. The van der Waals surface area contributed by atoms with Gasteiger partial charge in [0.25, 0.3) is 0 Å². The molecule has 2 rings (SSSR count). The maximum Gasteiger partial charge on any atom is 0.142 e. The summed E-state index contributed by atoms with van der Waals surface area (Å²) in [5.41, 5.74) is 4.33. The van der Waals surface area contributed by atoms with Gasteiger partial charge in [-0.15, -0.1) is 0 Å². The number of nitrogens with zero attached hydrogens (tertiary/aromatic N) is 2. The number of fused-ring (bicyclic) bond motifs is 1. The van der Waals surface area contributed by atoms with Gasteiger partial charge in [0.1, 0.15) is 5.65 Å². The van der Waals surface area contributed by atoms with E-state index in [0.717, 1.165) is 17.0 Å². The van der Waals surface area contributed by atoms with E-state index < -0.39 is 0 Å². The maximum absolute atomic E-state index is 4.48. The Hall–Kier alpha value is -1.77. The molecule has 0 aromatic carbocycles. The van der Waals surface area contributed by atoms with Crippen LogP contribution in [-0.4, -0.2) is 9.38 Å². The summed E-state index contributed by atoms with van der Waals surface area (Å²) >= 11 is 0. The van der Waals surface area contributed by atoms with Crippen molar-refractivity contribution >= 4 is 11.3 Å². The lowest BCUT2D eigenvalue weighted by Gasteiger charge is -2.06. The second-order valence-electron chi connectivity index (χ2n) is 3.61. The minimum absolute atomic E-state index is 1.02. The van der Waals surface area contributed by atoms with Gasteiger partial charge in [0, 0.05) is 23.6 Å². The van der Waals surface area contributed by atoms with Gasteiger partial charge in [0.2, 0.25) is 0 Å². The summed E-state index contributed by atoms with van der Waals surface area (Å²) in [5.74, 6) is 0. The molecule has 2 aromatic heterocycles. The molecule has 0 spiro atoms. The first kappa shape index (κ1) is 9.77. The van der Waals surface area contributed by atoms with Crippen LogP contribution in [0.4, 0.5) is 5.69 Å². The zero-order valence-corrected chi connectivity index (χ0v) is 9.28. The van der Waals surface area contributed by atoms with Crippen LogP contribution in [0.3, 0.4) is 0 Å². The molecule has 1 N–H and O–H groups in total. The van der Waals surface area contributed by atoms with E-state index >= 15 is 0 Å². The molecular weight excluding hydrogens is 186 g/mol. The molecule has 0 fully saturated rings. The minimum Gasteiger partial charge on any atom is -0.362 e. The largest absolute Gasteiger partial charge is 0.362 e. The van der Waals surface area contributed by atoms with Crippen molar-refractivity contribution in [2.45, 2.75) is 20.8 Å². The van der Waals surface area contributed by atoms with E-state index in [9.17, 15) is 0 Å². The van der Waals surface area contributed by atoms with Crippen LogP contribution in [0.5, 0.6) is 0 Å². The molecule has 3 nitrogen and oxygen atoms in total. The summed E-state index contributed by atoms with van der Waals surface area (Å²) in [6.07, 6.45) is 7.95. The molecule has 0 atom stereocenters. The van der Waals surface area contributed by atoms with Crippen molar-refractivity contribution in [3.8, 4) is 0 Å². The zero-order valence-electron chi connectivity index (χ0n) is 9.28. The van der Waals surface area contributed by atoms with Gasteiger partial charge in [0.05, 0.1) is 5.69 Å². The van der Waals surface area contributed by atoms with Gasteiger partial charge < -0.3 is 9.72 Å². The number of allylic oxidation sites excluding steroid dienone is 1. The molecule has 78 valence electrons. The normalized spacial score (nSPS) is 11.4. The van der Waals surface area contributed by atoms with Gasteiger partial charge in [-0.3, -0.25) is 0 Å². The molecule has 2 aromatic rings. The van der Waals surface area contributed by atoms with Crippen LogP contribution in [0.2, 0.25) is 0 Å². The van der Waals surface area contributed by atoms with E-state index in [1.54, 1.807) is 0 Å². The lowest BCUT2D eigenvalue weighted by molar-refractivity contribution is 1.16. The van der Waals surface area contributed by atoms with Crippen LogP contribution < -0.4 is 5.32 Å². The highest BCUT2D eigenvalue weighted by Crippen LogP contribution is 2.19. The molecule has 0 saturated heterocycles. The summed E-state index contributed by atoms with van der Waals surface area (Å²) in [7, 11) is 0. The Morgan fingerprint density at radius 2 is 2.20 bits per heavy atom. The van der Waals surface area contributed by atoms with Gasteiger partial charge in [-0.1, -0.05) is 6.08 Å². The molecule has 0 aliphatic heterocycles. The van der Waals surface area contributed by atoms with E-state index in [1.165, 1.54) is 5.56 Å². The Labute approximate surface area is 89.5 Å². The molecule has 0 aliphatic rings. The number of hydrogen-bond acceptors (Lipinski definition) is 2. The predicted octanol–water partition coefficient (Wildman–Crippen LogP) is 2.90. The van der Waals surface area contributed by atoms with E-state index in [-0.39, 0.29) is 0 Å². The summed E-state index contributed by atoms with van der Waals surface area (Å²) in [6, 6.07) is 2.06. The molecular formula is C12H15N3. The second kappa shape index (κ2) is 3.77. The van der Waals surface area contributed by atoms with Crippen LogP contribution in [0.15, 0.2) is 30.7 Å². The Balaban J connectivity index is 2.54. The summed E-state index contributed by atoms with van der Waals surface area (Å²) < 4.78 is 2.05. The van der Waals surface area contributed by atoms with Crippen LogP contribution in [0.1, 0.15) is 18.2 Å². The number of aromatic nitrogens is 2. The van der Waals surface area contributed by atoms with Crippen molar-refractivity contribution in [1.82, 2.24) is 9.38 Å². The van der Waals surface area contributed by atoms with Crippen molar-refractivity contribution in [2.24, 2.45) is 0 Å². The third-order valence-electron chi connectivity index (χ3n) is 2.40. The monoisotopic (exact) mass is 201 g/mol. The molecule has 0 radical (unpaired) electrons. The fourth-order valence-corrected chi connectivity index (χ4v) is 1.64. The molecule has 3 heteroatoms. The van der Waals surface area contributed by atoms with Gasteiger partial charge in [-0.05, 0) is 33.0 Å². The Kier molecular flexibility index (Phi) is 2.46. The Morgan fingerprint density at radius 3 is 2.93 bits per heavy atom. The smallest absolute Gasteiger partial charge is 0.142 e. The van der Waals surface area contributed by atoms with Crippen LogP contribution in [0, 0.1) is 13.8 Å². The average Bonchev–Trinajstić information content (AvgIpc) is 2.59. The molecule has 0 amide bonds. The second-order valence-corrected chi connectivity index (χ2v) is 3.61. The van der Waals surface area contributed by atoms with Crippen molar-refractivity contribution < 1.29 is 0 Å². The summed E-state index contributed by atoms with van der Waals surface area (Å²) in [6.45, 7) is 6.07. The van der Waals surface area contributed by atoms with E-state index in [4.69, 9.17) is 0 Å². The van der Waals surface area contributed by atoms with E-state index in [0.29, 0.717) is 0 Å². The fraction of sp³-hybridized carbons (Fsp3) is 0.250. The number of pyridine rings is 1. The highest BCUT2D eigenvalue weighted by Gasteiger charge is 2.04. The number of imidazole rings is 1. The number of aryl methyl sites for hydroxylation is 2. The zero-order chi connectivity index (χ0) is 10.8. The van der Waals surface area contributed by atoms with Gasteiger partial charge in [0.15, 0.2) is 0 Å². The minimum atomic E-state index is 1.02. The van der Waals surface area contributed by atoms with Crippen molar-refractivity contribution in [1.29, 1.82) is 0 Å². The molecule has 2 heterocycles. The Bertz CT molecular complexity index is 509. The molecule has 0 saturated carbocycles. The van der Waals surface area contributed by atoms with Crippen molar-refractivity contribution in [2.75, 3.05) is 5.32 Å². The first-order chi connectivity index (χ1) is 7.22. The lowest BCUT2D eigenvalue weighted by atomic mass is 10.2. The Morgan fingerprint density at radius 1 is 1.40 bits per heavy atom. The van der Waals surface area contributed by atoms with Gasteiger partial charge in [-0.2, -0.15) is 0 Å². The SMILES string of the molecule is C/C=C/Nc1ccn2cc(C)nc2c1C. The summed E-state index contributed by atoms with van der Waals surface area (Å²) in [5, 5.41) is 3.23. The maximum atomic E-state index is 4.48. The highest BCUT2D eigenvalue weighted by molar-refractivity contribution is 5.64. The number of rotatable bonds is 2. The van der Waals surface area contributed by atoms with Crippen molar-refractivity contribution in [3.05, 3.63) is 42.0 Å². The van der Waals surface area contributed by atoms with Crippen LogP contribution in [-0.2, 0) is 0 Å². The number of anilines is 1. The fourth-order valence-electron chi connectivity index (χ4n) is 1.64. The van der Waals surface area contributed by atoms with E-state index in [1.807, 2.05) is 42.9 Å². The van der Waals surface area contributed by atoms with Gasteiger partial charge >= 0.3 is 0 Å². The van der Waals surface area contributed by atoms with Crippen LogP contribution in [0.25, 0.3) is 5.65 Å². The first-order valence-corrected chi connectivity index (χ1v) is 5.05. The molecule has 0 unspecified atom stereocenters. The lowest BCUT2D eigenvalue weighted by Crippen LogP contribution is -1.94. The molecule has 0 bridgehead atoms. The predicted molar refractivity (Wildman–Crippen MR) is 63.1 cm³/mol. The van der Waals surface area contributed by atoms with Crippen LogP contribution >= 0.6 is 0 Å². The molecule has 15 heavy (non-hydrogen) atoms. The standard InChI is InChI=1S/C12H15N3/c1-4-6-13-11-5-7-15-8-9(2)14-12(15)10(11)3/h4-8,13H,1-3H3/b6-4+. The summed E-state index contributed by atoms with van der Waals surface area (Å²) in [4.78, 5) is 4.48. The van der Waals surface area contributed by atoms with E-state index in [2.05, 4.69) is 23.3 Å². The first-order valence-electron chi connectivity index (χ1n) is 5.05.